The van der Waals surface area contributed by atoms with Crippen molar-refractivity contribution in [3.05, 3.63) is 16.1 Å². The molecule has 0 aliphatic heterocycles. The molecule has 11 heavy (non-hydrogen) atoms. The van der Waals surface area contributed by atoms with Gasteiger partial charge in [0.2, 0.25) is 5.75 Å². The first-order valence-corrected chi connectivity index (χ1v) is 3.30. The van der Waals surface area contributed by atoms with Gasteiger partial charge in [-0.3, -0.25) is 0 Å². The fourth-order valence-corrected chi connectivity index (χ4v) is 0.854. The van der Waals surface area contributed by atoms with Crippen LogP contribution in [0.4, 0.5) is 0 Å². The lowest BCUT2D eigenvalue weighted by Crippen LogP contribution is -1.75. The fraction of sp³-hybridized carbons (Fsp3) is 0. The summed E-state index contributed by atoms with van der Waals surface area (Å²) in [6, 6.07) is 2.13. The zero-order valence-electron chi connectivity index (χ0n) is 5.10. The molecule has 0 fully saturated rings. The SMILES string of the molecule is Oc1[c]c(Cl)c(Cl)c(O)c1O. The molecule has 0 atom stereocenters. The van der Waals surface area contributed by atoms with Crippen molar-refractivity contribution < 1.29 is 15.3 Å². The van der Waals surface area contributed by atoms with Gasteiger partial charge in [0.15, 0.2) is 11.5 Å². The van der Waals surface area contributed by atoms with Crippen molar-refractivity contribution in [2.75, 3.05) is 0 Å². The minimum absolute atomic E-state index is 0.139. The number of hydrogen-bond donors (Lipinski definition) is 3. The molecule has 0 aliphatic rings. The van der Waals surface area contributed by atoms with Crippen molar-refractivity contribution in [3.63, 3.8) is 0 Å². The molecule has 0 bridgehead atoms. The van der Waals surface area contributed by atoms with Crippen molar-refractivity contribution in [1.82, 2.24) is 0 Å². The number of benzene rings is 1. The molecule has 0 saturated carbocycles. The van der Waals surface area contributed by atoms with Gasteiger partial charge in [-0.2, -0.15) is 0 Å². The summed E-state index contributed by atoms with van der Waals surface area (Å²) in [7, 11) is 0. The highest BCUT2D eigenvalue weighted by molar-refractivity contribution is 6.43. The predicted molar refractivity (Wildman–Crippen MR) is 40.3 cm³/mol. The molecule has 5 heteroatoms. The van der Waals surface area contributed by atoms with E-state index in [1.165, 1.54) is 0 Å². The lowest BCUT2D eigenvalue weighted by atomic mass is 10.3. The molecule has 59 valence electrons. The third kappa shape index (κ3) is 1.29. The van der Waals surface area contributed by atoms with Crippen LogP contribution in [0, 0.1) is 6.07 Å². The van der Waals surface area contributed by atoms with E-state index in [1.807, 2.05) is 0 Å². The van der Waals surface area contributed by atoms with E-state index < -0.39 is 17.2 Å². The molecule has 0 saturated heterocycles. The molecule has 1 aromatic rings. The standard InChI is InChI=1S/C6H3Cl2O3/c7-2-1-3(9)5(10)6(11)4(2)8/h9-11H. The summed E-state index contributed by atoms with van der Waals surface area (Å²) < 4.78 is 0. The van der Waals surface area contributed by atoms with Gasteiger partial charge in [0.25, 0.3) is 0 Å². The highest BCUT2D eigenvalue weighted by atomic mass is 35.5. The van der Waals surface area contributed by atoms with E-state index in [-0.39, 0.29) is 10.0 Å². The minimum atomic E-state index is -0.723. The highest BCUT2D eigenvalue weighted by Crippen LogP contribution is 2.43. The van der Waals surface area contributed by atoms with E-state index in [0.717, 1.165) is 0 Å². The Balaban J connectivity index is 3.46. The number of phenolic OH excluding ortho intramolecular Hbond substituents is 3. The van der Waals surface area contributed by atoms with Crippen molar-refractivity contribution in [1.29, 1.82) is 0 Å². The largest absolute Gasteiger partial charge is 0.504 e. The Morgan fingerprint density at radius 2 is 1.55 bits per heavy atom. The number of halogens is 2. The van der Waals surface area contributed by atoms with Crippen LogP contribution < -0.4 is 0 Å². The Morgan fingerprint density at radius 3 is 2.09 bits per heavy atom. The maximum absolute atomic E-state index is 8.92. The van der Waals surface area contributed by atoms with Gasteiger partial charge < -0.3 is 15.3 Å². The van der Waals surface area contributed by atoms with Gasteiger partial charge in [-0.15, -0.1) is 0 Å². The van der Waals surface area contributed by atoms with E-state index in [9.17, 15) is 0 Å². The summed E-state index contributed by atoms with van der Waals surface area (Å²) in [6.45, 7) is 0. The summed E-state index contributed by atoms with van der Waals surface area (Å²) >= 11 is 10.7. The summed E-state index contributed by atoms with van der Waals surface area (Å²) in [5.41, 5.74) is 0. The normalized spacial score (nSPS) is 10.0. The molecule has 1 radical (unpaired) electrons. The van der Waals surface area contributed by atoms with Crippen LogP contribution in [0.25, 0.3) is 0 Å². The second-order valence-corrected chi connectivity index (χ2v) is 2.55. The van der Waals surface area contributed by atoms with E-state index in [2.05, 4.69) is 6.07 Å². The Bertz CT molecular complexity index is 272. The molecule has 0 aromatic heterocycles. The van der Waals surface area contributed by atoms with Crippen molar-refractivity contribution in [2.24, 2.45) is 0 Å². The van der Waals surface area contributed by atoms with Gasteiger partial charge in [-0.05, 0) is 0 Å². The summed E-state index contributed by atoms with van der Waals surface area (Å²) in [4.78, 5) is 0. The molecule has 0 spiro atoms. The maximum Gasteiger partial charge on any atom is 0.202 e. The van der Waals surface area contributed by atoms with Gasteiger partial charge in [-0.25, -0.2) is 0 Å². The molecule has 1 aromatic carbocycles. The molecule has 0 heterocycles. The molecule has 1 rings (SSSR count). The van der Waals surface area contributed by atoms with Crippen LogP contribution in [0.1, 0.15) is 0 Å². The number of phenols is 3. The first-order chi connectivity index (χ1) is 5.04. The summed E-state index contributed by atoms with van der Waals surface area (Å²) in [5, 5.41) is 26.2. The first-order valence-electron chi connectivity index (χ1n) is 2.55. The van der Waals surface area contributed by atoms with Crippen LogP contribution in [0.15, 0.2) is 0 Å². The lowest BCUT2D eigenvalue weighted by Gasteiger charge is -2.02. The van der Waals surface area contributed by atoms with Crippen molar-refractivity contribution in [2.45, 2.75) is 0 Å². The van der Waals surface area contributed by atoms with Crippen molar-refractivity contribution >= 4 is 23.2 Å². The van der Waals surface area contributed by atoms with Gasteiger partial charge in [0.05, 0.1) is 11.1 Å². The average Bonchev–Trinajstić information content (AvgIpc) is 1.97. The quantitative estimate of drug-likeness (QED) is 0.552. The van der Waals surface area contributed by atoms with E-state index in [4.69, 9.17) is 38.5 Å². The second-order valence-electron chi connectivity index (χ2n) is 1.80. The van der Waals surface area contributed by atoms with Crippen LogP contribution in [-0.4, -0.2) is 15.3 Å². The van der Waals surface area contributed by atoms with Crippen LogP contribution in [0.3, 0.4) is 0 Å². The smallest absolute Gasteiger partial charge is 0.202 e. The Labute approximate surface area is 72.4 Å². The average molecular weight is 194 g/mol. The van der Waals surface area contributed by atoms with E-state index in [1.54, 1.807) is 0 Å². The third-order valence-corrected chi connectivity index (χ3v) is 1.83. The fourth-order valence-electron chi connectivity index (χ4n) is 0.538. The minimum Gasteiger partial charge on any atom is -0.504 e. The van der Waals surface area contributed by atoms with Gasteiger partial charge in [0, 0.05) is 0 Å². The molecule has 0 unspecified atom stereocenters. The van der Waals surface area contributed by atoms with E-state index >= 15 is 0 Å². The Kier molecular flexibility index (Phi) is 2.02. The van der Waals surface area contributed by atoms with Crippen LogP contribution in [-0.2, 0) is 0 Å². The number of rotatable bonds is 0. The second kappa shape index (κ2) is 2.68. The topological polar surface area (TPSA) is 60.7 Å². The van der Waals surface area contributed by atoms with Gasteiger partial charge >= 0.3 is 0 Å². The van der Waals surface area contributed by atoms with Crippen molar-refractivity contribution in [3.8, 4) is 17.2 Å². The Morgan fingerprint density at radius 1 is 1.00 bits per heavy atom. The molecular formula is C6H3Cl2O3. The monoisotopic (exact) mass is 193 g/mol. The van der Waals surface area contributed by atoms with Crippen LogP contribution >= 0.6 is 23.2 Å². The zero-order valence-corrected chi connectivity index (χ0v) is 6.61. The van der Waals surface area contributed by atoms with Gasteiger partial charge in [0.1, 0.15) is 5.02 Å². The van der Waals surface area contributed by atoms with Crippen LogP contribution in [0.5, 0.6) is 17.2 Å². The third-order valence-electron chi connectivity index (χ3n) is 1.08. The predicted octanol–water partition coefficient (Wildman–Crippen LogP) is 1.91. The maximum atomic E-state index is 8.92. The zero-order chi connectivity index (χ0) is 8.59. The molecule has 0 aliphatic carbocycles. The molecule has 3 N–H and O–H groups in total. The molecule has 0 amide bonds. The van der Waals surface area contributed by atoms with E-state index in [0.29, 0.717) is 0 Å². The summed E-state index contributed by atoms with van der Waals surface area (Å²) in [6.07, 6.45) is 0. The first kappa shape index (κ1) is 8.30. The molecular weight excluding hydrogens is 191 g/mol. The summed E-state index contributed by atoms with van der Waals surface area (Å²) in [5.74, 6) is -2.00. The van der Waals surface area contributed by atoms with Crippen LogP contribution in [0.2, 0.25) is 10.0 Å². The number of hydrogen-bond acceptors (Lipinski definition) is 3. The highest BCUT2D eigenvalue weighted by Gasteiger charge is 2.13. The lowest BCUT2D eigenvalue weighted by molar-refractivity contribution is 0.367. The number of aromatic hydroxyl groups is 3. The Hall–Kier alpha value is -0.800. The molecule has 3 nitrogen and oxygen atoms in total. The van der Waals surface area contributed by atoms with Gasteiger partial charge in [-0.1, -0.05) is 23.2 Å².